The summed E-state index contributed by atoms with van der Waals surface area (Å²) in [5.74, 6) is -0.155. The molecule has 6 nitrogen and oxygen atoms in total. The predicted molar refractivity (Wildman–Crippen MR) is 79.3 cm³/mol. The predicted octanol–water partition coefficient (Wildman–Crippen LogP) is 0.940. The molecule has 1 aromatic rings. The molecule has 0 radical (unpaired) electrons. The fourth-order valence-corrected chi connectivity index (χ4v) is 3.24. The Labute approximate surface area is 124 Å². The number of nitrogens with two attached hydrogens (primary N) is 1. The zero-order chi connectivity index (χ0) is 15.3. The molecule has 0 spiro atoms. The van der Waals surface area contributed by atoms with E-state index in [-0.39, 0.29) is 29.2 Å². The third kappa shape index (κ3) is 4.52. The minimum atomic E-state index is -3.38. The largest absolute Gasteiger partial charge is 0.384 e. The molecule has 7 heteroatoms. The van der Waals surface area contributed by atoms with Gasteiger partial charge in [0, 0.05) is 12.2 Å². The maximum Gasteiger partial charge on any atom is 0.180 e. The number of sulfone groups is 1. The van der Waals surface area contributed by atoms with E-state index in [1.54, 1.807) is 0 Å². The number of amidine groups is 1. The molecule has 1 atom stereocenters. The van der Waals surface area contributed by atoms with Gasteiger partial charge in [-0.3, -0.25) is 5.41 Å². The second-order valence-corrected chi connectivity index (χ2v) is 7.08. The molecule has 1 fully saturated rings. The number of hydrogen-bond donors (Lipinski definition) is 2. The fourth-order valence-electron chi connectivity index (χ4n) is 2.12. The lowest BCUT2D eigenvalue weighted by Gasteiger charge is -2.10. The van der Waals surface area contributed by atoms with Gasteiger partial charge in [-0.1, -0.05) is 12.1 Å². The average molecular weight is 312 g/mol. The van der Waals surface area contributed by atoms with E-state index in [1.165, 1.54) is 24.3 Å². The molecule has 3 N–H and O–H groups in total. The minimum absolute atomic E-state index is 0.0703. The van der Waals surface area contributed by atoms with Crippen molar-refractivity contribution in [2.75, 3.05) is 25.6 Å². The fraction of sp³-hybridized carbons (Fsp3) is 0.500. The van der Waals surface area contributed by atoms with Crippen molar-refractivity contribution in [3.63, 3.8) is 0 Å². The summed E-state index contributed by atoms with van der Waals surface area (Å²) in [6, 6.07) is 5.99. The van der Waals surface area contributed by atoms with Crippen LogP contribution in [0.1, 0.15) is 18.4 Å². The van der Waals surface area contributed by atoms with Gasteiger partial charge < -0.3 is 15.2 Å². The Morgan fingerprint density at radius 2 is 2.10 bits per heavy atom. The van der Waals surface area contributed by atoms with Crippen LogP contribution in [0.2, 0.25) is 0 Å². The molecule has 1 aliphatic rings. The smallest absolute Gasteiger partial charge is 0.180 e. The van der Waals surface area contributed by atoms with E-state index in [4.69, 9.17) is 20.6 Å². The van der Waals surface area contributed by atoms with Crippen molar-refractivity contribution in [3.8, 4) is 0 Å². The van der Waals surface area contributed by atoms with Crippen molar-refractivity contribution < 1.29 is 17.9 Å². The average Bonchev–Trinajstić information content (AvgIpc) is 2.97. The highest BCUT2D eigenvalue weighted by Gasteiger charge is 2.17. The molecule has 1 heterocycles. The molecule has 21 heavy (non-hydrogen) atoms. The zero-order valence-corrected chi connectivity index (χ0v) is 12.6. The van der Waals surface area contributed by atoms with Crippen LogP contribution >= 0.6 is 0 Å². The third-order valence-corrected chi connectivity index (χ3v) is 5.04. The van der Waals surface area contributed by atoms with Gasteiger partial charge in [-0.2, -0.15) is 0 Å². The van der Waals surface area contributed by atoms with Gasteiger partial charge in [0.2, 0.25) is 0 Å². The molecule has 0 amide bonds. The molecule has 0 aromatic heterocycles. The van der Waals surface area contributed by atoms with Crippen LogP contribution in [0.5, 0.6) is 0 Å². The Balaban J connectivity index is 1.84. The summed E-state index contributed by atoms with van der Waals surface area (Å²) in [5, 5.41) is 7.28. The van der Waals surface area contributed by atoms with Crippen LogP contribution in [0, 0.1) is 5.41 Å². The lowest BCUT2D eigenvalue weighted by Crippen LogP contribution is -2.19. The monoisotopic (exact) mass is 312 g/mol. The van der Waals surface area contributed by atoms with Crippen LogP contribution in [-0.2, 0) is 19.3 Å². The second-order valence-electron chi connectivity index (χ2n) is 4.97. The number of rotatable bonds is 7. The highest BCUT2D eigenvalue weighted by Crippen LogP contribution is 2.14. The summed E-state index contributed by atoms with van der Waals surface area (Å²) in [7, 11) is -3.38. The second kappa shape index (κ2) is 7.02. The summed E-state index contributed by atoms with van der Waals surface area (Å²) in [5.41, 5.74) is 5.84. The van der Waals surface area contributed by atoms with Crippen LogP contribution in [0.25, 0.3) is 0 Å². The molecular formula is C14H20N2O4S. The summed E-state index contributed by atoms with van der Waals surface area (Å²) in [6.45, 7) is 1.35. The number of nitrogen functional groups attached to an aromatic ring is 1. The Hall–Kier alpha value is -1.44. The minimum Gasteiger partial charge on any atom is -0.384 e. The number of benzene rings is 1. The summed E-state index contributed by atoms with van der Waals surface area (Å²) in [4.78, 5) is 0.216. The van der Waals surface area contributed by atoms with Crippen molar-refractivity contribution in [1.82, 2.24) is 0 Å². The first-order valence-corrected chi connectivity index (χ1v) is 8.51. The first-order chi connectivity index (χ1) is 9.99. The highest BCUT2D eigenvalue weighted by molar-refractivity contribution is 7.91. The summed E-state index contributed by atoms with van der Waals surface area (Å²) < 4.78 is 35.0. The molecule has 0 saturated carbocycles. The molecule has 0 bridgehead atoms. The normalized spacial score (nSPS) is 18.8. The lowest BCUT2D eigenvalue weighted by molar-refractivity contribution is 0.0223. The van der Waals surface area contributed by atoms with E-state index in [0.29, 0.717) is 12.2 Å². The first-order valence-electron chi connectivity index (χ1n) is 6.85. The van der Waals surface area contributed by atoms with Gasteiger partial charge in [-0.25, -0.2) is 8.42 Å². The van der Waals surface area contributed by atoms with Gasteiger partial charge in [0.15, 0.2) is 9.84 Å². The first kappa shape index (κ1) is 15.9. The van der Waals surface area contributed by atoms with Crippen molar-refractivity contribution in [2.45, 2.75) is 23.8 Å². The van der Waals surface area contributed by atoms with Crippen molar-refractivity contribution in [1.29, 1.82) is 5.41 Å². The quantitative estimate of drug-likeness (QED) is 0.443. The Bertz CT molecular complexity index is 577. The van der Waals surface area contributed by atoms with Crippen molar-refractivity contribution in [2.24, 2.45) is 5.73 Å². The van der Waals surface area contributed by atoms with Crippen LogP contribution in [0.3, 0.4) is 0 Å². The third-order valence-electron chi connectivity index (χ3n) is 3.35. The van der Waals surface area contributed by atoms with E-state index in [2.05, 4.69) is 0 Å². The van der Waals surface area contributed by atoms with E-state index in [1.807, 2.05) is 0 Å². The van der Waals surface area contributed by atoms with E-state index in [0.717, 1.165) is 19.4 Å². The SMILES string of the molecule is N=C(N)c1ccc(S(=O)(=O)CCOCC2CCCO2)cc1. The number of nitrogens with one attached hydrogen (secondary N) is 1. The van der Waals surface area contributed by atoms with Crippen molar-refractivity contribution >= 4 is 15.7 Å². The molecule has 1 aromatic carbocycles. The highest BCUT2D eigenvalue weighted by atomic mass is 32.2. The molecule has 0 aliphatic carbocycles. The topological polar surface area (TPSA) is 102 Å². The summed E-state index contributed by atoms with van der Waals surface area (Å²) in [6.07, 6.45) is 2.11. The van der Waals surface area contributed by atoms with Crippen LogP contribution in [0.15, 0.2) is 29.2 Å². The maximum absolute atomic E-state index is 12.1. The van der Waals surface area contributed by atoms with E-state index in [9.17, 15) is 8.42 Å². The van der Waals surface area contributed by atoms with E-state index < -0.39 is 9.84 Å². The van der Waals surface area contributed by atoms with E-state index >= 15 is 0 Å². The van der Waals surface area contributed by atoms with Crippen LogP contribution in [0.4, 0.5) is 0 Å². The molecule has 1 saturated heterocycles. The molecule has 1 unspecified atom stereocenters. The number of ether oxygens (including phenoxy) is 2. The van der Waals surface area contributed by atoms with Crippen molar-refractivity contribution in [3.05, 3.63) is 29.8 Å². The lowest BCUT2D eigenvalue weighted by atomic mass is 10.2. The standard InChI is InChI=1S/C14H20N2O4S/c15-14(16)11-3-5-13(6-4-11)21(17,18)9-8-19-10-12-2-1-7-20-12/h3-6,12H,1-2,7-10H2,(H3,15,16). The zero-order valence-electron chi connectivity index (χ0n) is 11.7. The molecule has 2 rings (SSSR count). The summed E-state index contributed by atoms with van der Waals surface area (Å²) >= 11 is 0. The van der Waals surface area contributed by atoms with Crippen LogP contribution < -0.4 is 5.73 Å². The Morgan fingerprint density at radius 3 is 2.67 bits per heavy atom. The maximum atomic E-state index is 12.1. The van der Waals surface area contributed by atoms with Crippen LogP contribution in [-0.4, -0.2) is 45.9 Å². The number of hydrogen-bond acceptors (Lipinski definition) is 5. The van der Waals surface area contributed by atoms with Gasteiger partial charge in [0.1, 0.15) is 5.84 Å². The van der Waals surface area contributed by atoms with Gasteiger partial charge in [0.05, 0.1) is 30.0 Å². The van der Waals surface area contributed by atoms with Gasteiger partial charge >= 0.3 is 0 Å². The Morgan fingerprint density at radius 1 is 1.38 bits per heavy atom. The van der Waals surface area contributed by atoms with Gasteiger partial charge in [0.25, 0.3) is 0 Å². The molecule has 116 valence electrons. The van der Waals surface area contributed by atoms with Gasteiger partial charge in [-0.05, 0) is 25.0 Å². The molecule has 1 aliphatic heterocycles. The Kier molecular flexibility index (Phi) is 5.33. The van der Waals surface area contributed by atoms with Gasteiger partial charge in [-0.15, -0.1) is 0 Å². The molecular weight excluding hydrogens is 292 g/mol.